The molecule has 2 rings (SSSR count). The van der Waals surface area contributed by atoms with Crippen molar-refractivity contribution >= 4 is 5.91 Å². The Labute approximate surface area is 114 Å². The van der Waals surface area contributed by atoms with Gasteiger partial charge in [0.05, 0.1) is 30.2 Å². The molecule has 5 nitrogen and oxygen atoms in total. The Balaban J connectivity index is 1.92. The molecule has 1 amide bonds. The van der Waals surface area contributed by atoms with E-state index < -0.39 is 0 Å². The number of aryl methyl sites for hydroxylation is 1. The Hall–Kier alpha value is -1.49. The van der Waals surface area contributed by atoms with Gasteiger partial charge < -0.3 is 10.6 Å². The van der Waals surface area contributed by atoms with Gasteiger partial charge in [-0.1, -0.05) is 13.8 Å². The average Bonchev–Trinajstić information content (AvgIpc) is 2.37. The molecule has 0 aliphatic carbocycles. The second-order valence-corrected chi connectivity index (χ2v) is 5.85. The molecule has 19 heavy (non-hydrogen) atoms. The minimum atomic E-state index is -0.125. The summed E-state index contributed by atoms with van der Waals surface area (Å²) < 4.78 is 0. The van der Waals surface area contributed by atoms with E-state index in [1.165, 1.54) is 0 Å². The van der Waals surface area contributed by atoms with E-state index in [1.54, 1.807) is 12.4 Å². The van der Waals surface area contributed by atoms with E-state index in [2.05, 4.69) is 34.4 Å². The maximum atomic E-state index is 12.2. The molecule has 2 heterocycles. The van der Waals surface area contributed by atoms with Gasteiger partial charge in [-0.2, -0.15) is 0 Å². The number of rotatable bonds is 3. The Bertz CT molecular complexity index is 441. The Kier molecular flexibility index (Phi) is 4.14. The molecular formula is C14H22N4O. The molecule has 0 aromatic carbocycles. The van der Waals surface area contributed by atoms with Crippen LogP contribution in [0.3, 0.4) is 0 Å². The maximum Gasteiger partial charge on any atom is 0.238 e. The summed E-state index contributed by atoms with van der Waals surface area (Å²) in [4.78, 5) is 20.6. The highest BCUT2D eigenvalue weighted by Crippen LogP contribution is 2.30. The molecule has 0 bridgehead atoms. The van der Waals surface area contributed by atoms with Gasteiger partial charge in [-0.05, 0) is 31.7 Å². The molecule has 1 aromatic heterocycles. The number of amides is 1. The van der Waals surface area contributed by atoms with Crippen molar-refractivity contribution in [1.29, 1.82) is 0 Å². The van der Waals surface area contributed by atoms with Crippen LogP contribution in [0.15, 0.2) is 12.4 Å². The van der Waals surface area contributed by atoms with Gasteiger partial charge in [0.2, 0.25) is 5.91 Å². The summed E-state index contributed by atoms with van der Waals surface area (Å²) in [6.45, 7) is 7.50. The number of piperidine rings is 1. The van der Waals surface area contributed by atoms with Gasteiger partial charge in [0.25, 0.3) is 0 Å². The third-order valence-electron chi connectivity index (χ3n) is 3.67. The van der Waals surface area contributed by atoms with Crippen molar-refractivity contribution < 1.29 is 4.79 Å². The summed E-state index contributed by atoms with van der Waals surface area (Å²) in [7, 11) is 0. The fourth-order valence-electron chi connectivity index (χ4n) is 2.45. The quantitative estimate of drug-likeness (QED) is 0.858. The molecule has 0 radical (unpaired) electrons. The molecule has 5 heteroatoms. The number of hydrogen-bond donors (Lipinski definition) is 2. The number of hydrogen-bond acceptors (Lipinski definition) is 4. The second kappa shape index (κ2) is 5.65. The highest BCUT2D eigenvalue weighted by molar-refractivity contribution is 5.82. The smallest absolute Gasteiger partial charge is 0.238 e. The minimum Gasteiger partial charge on any atom is -0.349 e. The van der Waals surface area contributed by atoms with E-state index >= 15 is 0 Å². The molecule has 1 fully saturated rings. The normalized spacial score (nSPS) is 21.9. The lowest BCUT2D eigenvalue weighted by molar-refractivity contribution is -0.127. The van der Waals surface area contributed by atoms with Crippen LogP contribution in [0, 0.1) is 12.3 Å². The first-order chi connectivity index (χ1) is 8.99. The largest absolute Gasteiger partial charge is 0.349 e. The lowest BCUT2D eigenvalue weighted by Gasteiger charge is -2.38. The fourth-order valence-corrected chi connectivity index (χ4v) is 2.45. The van der Waals surface area contributed by atoms with E-state index in [-0.39, 0.29) is 17.4 Å². The highest BCUT2D eigenvalue weighted by Gasteiger charge is 2.36. The molecule has 1 aliphatic rings. The summed E-state index contributed by atoms with van der Waals surface area (Å²) in [6.07, 6.45) is 5.61. The standard InChI is InChI=1S/C14H22N4O/c1-10-7-17-11(8-16-10)9-18-13(19)12-14(2,3)5-4-6-15-12/h7-8,12,15H,4-6,9H2,1-3H3,(H,18,19). The van der Waals surface area contributed by atoms with Crippen LogP contribution in [-0.4, -0.2) is 28.5 Å². The van der Waals surface area contributed by atoms with Crippen LogP contribution in [0.4, 0.5) is 0 Å². The van der Waals surface area contributed by atoms with Gasteiger partial charge in [0.1, 0.15) is 0 Å². The zero-order valence-corrected chi connectivity index (χ0v) is 11.9. The molecular weight excluding hydrogens is 240 g/mol. The average molecular weight is 262 g/mol. The molecule has 1 aromatic rings. The predicted molar refractivity (Wildman–Crippen MR) is 73.4 cm³/mol. The number of aromatic nitrogens is 2. The van der Waals surface area contributed by atoms with E-state index in [1.807, 2.05) is 6.92 Å². The highest BCUT2D eigenvalue weighted by atomic mass is 16.2. The molecule has 104 valence electrons. The zero-order valence-electron chi connectivity index (χ0n) is 11.9. The molecule has 1 atom stereocenters. The van der Waals surface area contributed by atoms with Crippen molar-refractivity contribution in [2.24, 2.45) is 5.41 Å². The van der Waals surface area contributed by atoms with Gasteiger partial charge >= 0.3 is 0 Å². The lowest BCUT2D eigenvalue weighted by atomic mass is 9.77. The van der Waals surface area contributed by atoms with Gasteiger partial charge in [0, 0.05) is 6.20 Å². The van der Waals surface area contributed by atoms with Crippen LogP contribution in [0.1, 0.15) is 38.1 Å². The van der Waals surface area contributed by atoms with Crippen molar-refractivity contribution in [3.05, 3.63) is 23.8 Å². The summed E-state index contributed by atoms with van der Waals surface area (Å²) in [5, 5.41) is 6.25. The van der Waals surface area contributed by atoms with Crippen LogP contribution in [0.25, 0.3) is 0 Å². The third kappa shape index (κ3) is 3.50. The van der Waals surface area contributed by atoms with Crippen LogP contribution in [0.5, 0.6) is 0 Å². The Morgan fingerprint density at radius 2 is 2.26 bits per heavy atom. The summed E-state index contributed by atoms with van der Waals surface area (Å²) in [6, 6.07) is -0.125. The number of carbonyl (C=O) groups is 1. The zero-order chi connectivity index (χ0) is 13.9. The summed E-state index contributed by atoms with van der Waals surface area (Å²) in [5.74, 6) is 0.0482. The number of carbonyl (C=O) groups excluding carboxylic acids is 1. The van der Waals surface area contributed by atoms with Crippen LogP contribution < -0.4 is 10.6 Å². The summed E-state index contributed by atoms with van der Waals surface area (Å²) >= 11 is 0. The molecule has 0 saturated carbocycles. The monoisotopic (exact) mass is 262 g/mol. The van der Waals surface area contributed by atoms with Crippen LogP contribution in [-0.2, 0) is 11.3 Å². The molecule has 2 N–H and O–H groups in total. The van der Waals surface area contributed by atoms with E-state index in [0.717, 1.165) is 30.8 Å². The van der Waals surface area contributed by atoms with E-state index in [4.69, 9.17) is 0 Å². The topological polar surface area (TPSA) is 66.9 Å². The SMILES string of the molecule is Cc1cnc(CNC(=O)C2NCCCC2(C)C)cn1. The second-order valence-electron chi connectivity index (χ2n) is 5.85. The van der Waals surface area contributed by atoms with Gasteiger partial charge in [-0.25, -0.2) is 0 Å². The van der Waals surface area contributed by atoms with Crippen molar-refractivity contribution in [2.75, 3.05) is 6.54 Å². The first-order valence-corrected chi connectivity index (χ1v) is 6.78. The summed E-state index contributed by atoms with van der Waals surface area (Å²) in [5.41, 5.74) is 1.67. The van der Waals surface area contributed by atoms with Crippen molar-refractivity contribution in [3.8, 4) is 0 Å². The number of nitrogens with zero attached hydrogens (tertiary/aromatic N) is 2. The van der Waals surface area contributed by atoms with Crippen molar-refractivity contribution in [1.82, 2.24) is 20.6 Å². The first-order valence-electron chi connectivity index (χ1n) is 6.78. The fraction of sp³-hybridized carbons (Fsp3) is 0.643. The molecule has 1 unspecified atom stereocenters. The third-order valence-corrected chi connectivity index (χ3v) is 3.67. The van der Waals surface area contributed by atoms with Gasteiger partial charge in [-0.15, -0.1) is 0 Å². The Morgan fingerprint density at radius 1 is 1.47 bits per heavy atom. The van der Waals surface area contributed by atoms with Gasteiger partial charge in [-0.3, -0.25) is 14.8 Å². The van der Waals surface area contributed by atoms with Crippen LogP contribution in [0.2, 0.25) is 0 Å². The van der Waals surface area contributed by atoms with Crippen molar-refractivity contribution in [3.63, 3.8) is 0 Å². The lowest BCUT2D eigenvalue weighted by Crippen LogP contribution is -2.55. The maximum absolute atomic E-state index is 12.2. The minimum absolute atomic E-state index is 0.00128. The number of nitrogens with one attached hydrogen (secondary N) is 2. The van der Waals surface area contributed by atoms with Crippen LogP contribution >= 0.6 is 0 Å². The Morgan fingerprint density at radius 3 is 2.89 bits per heavy atom. The molecule has 1 aliphatic heterocycles. The molecule has 1 saturated heterocycles. The van der Waals surface area contributed by atoms with Gasteiger partial charge in [0.15, 0.2) is 0 Å². The molecule has 0 spiro atoms. The first kappa shape index (κ1) is 13.9. The predicted octanol–water partition coefficient (Wildman–Crippen LogP) is 1.18. The van der Waals surface area contributed by atoms with E-state index in [9.17, 15) is 4.79 Å². The van der Waals surface area contributed by atoms with E-state index in [0.29, 0.717) is 6.54 Å². The van der Waals surface area contributed by atoms with Crippen molar-refractivity contribution in [2.45, 2.75) is 46.2 Å².